The monoisotopic (exact) mass is 604 g/mol. The lowest BCUT2D eigenvalue weighted by Gasteiger charge is -2.58. The van der Waals surface area contributed by atoms with E-state index in [0.29, 0.717) is 17.8 Å². The minimum atomic E-state index is -0.606. The summed E-state index contributed by atoms with van der Waals surface area (Å²) in [5, 5.41) is 19.7. The van der Waals surface area contributed by atoms with Crippen LogP contribution < -0.4 is 0 Å². The van der Waals surface area contributed by atoms with Crippen LogP contribution in [0.2, 0.25) is 0 Å². The van der Waals surface area contributed by atoms with E-state index in [1.54, 1.807) is 5.57 Å². The summed E-state index contributed by atoms with van der Waals surface area (Å²) >= 11 is 0. The number of aliphatic carboxylic acids is 2. The van der Waals surface area contributed by atoms with Crippen LogP contribution in [0.4, 0.5) is 0 Å². The SMILES string of the molecule is CC(C)C1CCC2C(=CCC3C(C)(C(=O)O)CCCC23C)C1.CC(C)c1ccc2c(c1)CCC1C(C)(C(=O)O)CCCC21C. The summed E-state index contributed by atoms with van der Waals surface area (Å²) in [7, 11) is 0. The molecule has 4 nitrogen and oxygen atoms in total. The maximum absolute atomic E-state index is 12.0. The molecule has 4 heteroatoms. The average Bonchev–Trinajstić information content (AvgIpc) is 2.96. The molecule has 1 aromatic rings. The molecule has 0 aliphatic heterocycles. The molecule has 6 rings (SSSR count). The summed E-state index contributed by atoms with van der Waals surface area (Å²) in [6.07, 6.45) is 15.4. The molecule has 44 heavy (non-hydrogen) atoms. The van der Waals surface area contributed by atoms with E-state index in [2.05, 4.69) is 65.8 Å². The van der Waals surface area contributed by atoms with Gasteiger partial charge in [-0.05, 0) is 141 Å². The fourth-order valence-corrected chi connectivity index (χ4v) is 11.2. The highest BCUT2D eigenvalue weighted by atomic mass is 16.4. The van der Waals surface area contributed by atoms with Crippen molar-refractivity contribution >= 4 is 11.9 Å². The maximum atomic E-state index is 12.0. The Morgan fingerprint density at radius 2 is 1.45 bits per heavy atom. The molecule has 5 aliphatic rings. The van der Waals surface area contributed by atoms with Gasteiger partial charge in [-0.15, -0.1) is 0 Å². The van der Waals surface area contributed by atoms with Gasteiger partial charge in [0, 0.05) is 0 Å². The molecule has 0 radical (unpaired) electrons. The van der Waals surface area contributed by atoms with Gasteiger partial charge in [-0.2, -0.15) is 0 Å². The number of benzene rings is 1. The van der Waals surface area contributed by atoms with Gasteiger partial charge in [0.15, 0.2) is 0 Å². The number of hydrogen-bond donors (Lipinski definition) is 2. The Morgan fingerprint density at radius 3 is 2.07 bits per heavy atom. The highest BCUT2D eigenvalue weighted by Crippen LogP contribution is 2.63. The molecule has 3 saturated carbocycles. The first kappa shape index (κ1) is 33.3. The van der Waals surface area contributed by atoms with E-state index in [4.69, 9.17) is 0 Å². The van der Waals surface area contributed by atoms with E-state index in [0.717, 1.165) is 63.2 Å². The van der Waals surface area contributed by atoms with Gasteiger partial charge in [0.1, 0.15) is 0 Å². The van der Waals surface area contributed by atoms with Crippen molar-refractivity contribution in [1.29, 1.82) is 0 Å². The third-order valence-corrected chi connectivity index (χ3v) is 14.1. The number of carboxylic acid groups (broad SMARTS) is 2. The first-order chi connectivity index (χ1) is 20.6. The number of allylic oxidation sites excluding steroid dienone is 2. The lowest BCUT2D eigenvalue weighted by atomic mass is 9.46. The van der Waals surface area contributed by atoms with Gasteiger partial charge in [-0.25, -0.2) is 0 Å². The minimum absolute atomic E-state index is 0.0223. The Bertz CT molecular complexity index is 1290. The topological polar surface area (TPSA) is 74.6 Å². The number of aryl methyl sites for hydroxylation is 1. The maximum Gasteiger partial charge on any atom is 0.309 e. The summed E-state index contributed by atoms with van der Waals surface area (Å²) in [6.45, 7) is 17.9. The molecule has 0 bridgehead atoms. The van der Waals surface area contributed by atoms with E-state index in [9.17, 15) is 19.8 Å². The Hall–Kier alpha value is -2.10. The van der Waals surface area contributed by atoms with Gasteiger partial charge < -0.3 is 10.2 Å². The second-order valence-electron chi connectivity index (χ2n) is 17.1. The van der Waals surface area contributed by atoms with Gasteiger partial charge in [0.2, 0.25) is 0 Å². The molecular formula is C40H60O4. The zero-order valence-electron chi connectivity index (χ0n) is 29.0. The zero-order valence-corrected chi connectivity index (χ0v) is 29.0. The summed E-state index contributed by atoms with van der Waals surface area (Å²) in [5.74, 6) is 2.17. The lowest BCUT2D eigenvalue weighted by Crippen LogP contribution is -2.53. The molecule has 0 heterocycles. The Kier molecular flexibility index (Phi) is 9.01. The van der Waals surface area contributed by atoms with Crippen molar-refractivity contribution in [3.8, 4) is 0 Å². The number of fused-ring (bicyclic) bond motifs is 6. The molecular weight excluding hydrogens is 544 g/mol. The van der Waals surface area contributed by atoms with Crippen molar-refractivity contribution in [2.45, 2.75) is 144 Å². The fraction of sp³-hybridized carbons (Fsp3) is 0.750. The molecule has 0 spiro atoms. The van der Waals surface area contributed by atoms with Crippen LogP contribution in [0.1, 0.15) is 149 Å². The first-order valence-corrected chi connectivity index (χ1v) is 17.9. The second-order valence-corrected chi connectivity index (χ2v) is 17.1. The van der Waals surface area contributed by atoms with Gasteiger partial charge in [0.05, 0.1) is 10.8 Å². The molecule has 3 fully saturated rings. The summed E-state index contributed by atoms with van der Waals surface area (Å²) < 4.78 is 0. The molecule has 5 aliphatic carbocycles. The summed E-state index contributed by atoms with van der Waals surface area (Å²) in [4.78, 5) is 23.9. The fourth-order valence-electron chi connectivity index (χ4n) is 11.2. The van der Waals surface area contributed by atoms with Crippen molar-refractivity contribution in [1.82, 2.24) is 0 Å². The highest BCUT2D eigenvalue weighted by molar-refractivity contribution is 5.76. The Morgan fingerprint density at radius 1 is 0.818 bits per heavy atom. The Labute approximate surface area is 267 Å². The third-order valence-electron chi connectivity index (χ3n) is 14.1. The lowest BCUT2D eigenvalue weighted by molar-refractivity contribution is -0.163. The van der Waals surface area contributed by atoms with E-state index in [1.165, 1.54) is 42.4 Å². The average molecular weight is 605 g/mol. The van der Waals surface area contributed by atoms with Crippen molar-refractivity contribution in [3.63, 3.8) is 0 Å². The third kappa shape index (κ3) is 5.38. The highest BCUT2D eigenvalue weighted by Gasteiger charge is 2.58. The molecule has 8 unspecified atom stereocenters. The Balaban J connectivity index is 0.000000175. The smallest absolute Gasteiger partial charge is 0.309 e. The number of rotatable bonds is 4. The van der Waals surface area contributed by atoms with E-state index in [-0.39, 0.29) is 16.7 Å². The molecule has 0 aromatic heterocycles. The number of carbonyl (C=O) groups is 2. The van der Waals surface area contributed by atoms with Gasteiger partial charge >= 0.3 is 11.9 Å². The number of hydrogen-bond acceptors (Lipinski definition) is 2. The molecule has 1 aromatic carbocycles. The van der Waals surface area contributed by atoms with Gasteiger partial charge in [-0.1, -0.05) is 84.2 Å². The van der Waals surface area contributed by atoms with Crippen LogP contribution in [-0.4, -0.2) is 22.2 Å². The first-order valence-electron chi connectivity index (χ1n) is 17.9. The van der Waals surface area contributed by atoms with Gasteiger partial charge in [0.25, 0.3) is 0 Å². The van der Waals surface area contributed by atoms with Crippen LogP contribution in [0, 0.1) is 45.8 Å². The van der Waals surface area contributed by atoms with Crippen LogP contribution in [0.5, 0.6) is 0 Å². The standard InChI is InChI=1S/C20H32O2.C20H28O2/c2*1-13(2)14-6-8-16-15(12-14)7-9-17-19(16,3)10-5-11-20(17,4)18(21)22/h7,13-14,16-17H,5-6,8-12H2,1-4H3,(H,21,22);6,8,12-13,17H,5,7,9-11H2,1-4H3,(H,21,22). The zero-order chi connectivity index (χ0) is 32.2. The number of carboxylic acids is 2. The van der Waals surface area contributed by atoms with Crippen LogP contribution in [0.15, 0.2) is 29.8 Å². The predicted molar refractivity (Wildman–Crippen MR) is 179 cm³/mol. The van der Waals surface area contributed by atoms with E-state index >= 15 is 0 Å². The van der Waals surface area contributed by atoms with Gasteiger partial charge in [-0.3, -0.25) is 9.59 Å². The molecule has 244 valence electrons. The molecule has 2 N–H and O–H groups in total. The van der Waals surface area contributed by atoms with Crippen molar-refractivity contribution in [2.24, 2.45) is 45.8 Å². The van der Waals surface area contributed by atoms with Crippen molar-refractivity contribution in [3.05, 3.63) is 46.5 Å². The van der Waals surface area contributed by atoms with Crippen LogP contribution in [0.3, 0.4) is 0 Å². The second kappa shape index (κ2) is 11.9. The molecule has 8 atom stereocenters. The van der Waals surface area contributed by atoms with Crippen LogP contribution >= 0.6 is 0 Å². The van der Waals surface area contributed by atoms with Crippen molar-refractivity contribution < 1.29 is 19.8 Å². The quantitative estimate of drug-likeness (QED) is 0.335. The molecule has 0 saturated heterocycles. The molecule has 0 amide bonds. The van der Waals surface area contributed by atoms with E-state index < -0.39 is 22.8 Å². The normalized spacial score (nSPS) is 39.5. The summed E-state index contributed by atoms with van der Waals surface area (Å²) in [6, 6.07) is 6.92. The van der Waals surface area contributed by atoms with Crippen LogP contribution in [-0.2, 0) is 21.4 Å². The van der Waals surface area contributed by atoms with E-state index in [1.807, 2.05) is 13.8 Å². The van der Waals surface area contributed by atoms with Crippen LogP contribution in [0.25, 0.3) is 0 Å². The van der Waals surface area contributed by atoms with Crippen molar-refractivity contribution in [2.75, 3.05) is 0 Å². The minimum Gasteiger partial charge on any atom is -0.481 e. The largest absolute Gasteiger partial charge is 0.481 e. The predicted octanol–water partition coefficient (Wildman–Crippen LogP) is 10.2. The summed E-state index contributed by atoms with van der Waals surface area (Å²) in [5.41, 5.74) is 5.08.